The monoisotopic (exact) mass is 356 g/mol. The Bertz CT molecular complexity index is 515. The van der Waals surface area contributed by atoms with E-state index in [1.807, 2.05) is 35.4 Å². The van der Waals surface area contributed by atoms with Gasteiger partial charge in [-0.05, 0) is 43.4 Å². The minimum Gasteiger partial charge on any atom is -0.492 e. The van der Waals surface area contributed by atoms with Crippen molar-refractivity contribution in [1.82, 2.24) is 4.90 Å². The van der Waals surface area contributed by atoms with E-state index >= 15 is 0 Å². The first-order valence-corrected chi connectivity index (χ1v) is 9.79. The molecule has 2 unspecified atom stereocenters. The van der Waals surface area contributed by atoms with Gasteiger partial charge in [0.2, 0.25) is 5.91 Å². The van der Waals surface area contributed by atoms with E-state index in [2.05, 4.69) is 0 Å². The number of benzene rings is 1. The van der Waals surface area contributed by atoms with Gasteiger partial charge >= 0.3 is 0 Å². The number of carbonyl (C=O) groups is 1. The van der Waals surface area contributed by atoms with E-state index < -0.39 is 0 Å². The topological polar surface area (TPSA) is 55.6 Å². The van der Waals surface area contributed by atoms with E-state index in [9.17, 15) is 4.79 Å². The van der Waals surface area contributed by atoms with Gasteiger partial charge in [-0.3, -0.25) is 4.79 Å². The summed E-state index contributed by atoms with van der Waals surface area (Å²) in [4.78, 5) is 14.3. The molecule has 0 radical (unpaired) electrons. The van der Waals surface area contributed by atoms with Gasteiger partial charge in [0.25, 0.3) is 0 Å². The van der Waals surface area contributed by atoms with Crippen LogP contribution in [0, 0.1) is 5.92 Å². The Kier molecular flexibility index (Phi) is 7.53. The number of thioether (sulfide) groups is 1. The van der Waals surface area contributed by atoms with Crippen LogP contribution in [0.25, 0.3) is 0 Å². The molecule has 1 fully saturated rings. The van der Waals surface area contributed by atoms with Gasteiger partial charge in [0.1, 0.15) is 5.75 Å². The molecular weight excluding hydrogens is 332 g/mol. The summed E-state index contributed by atoms with van der Waals surface area (Å²) in [6.45, 7) is 2.10. The molecule has 0 aromatic heterocycles. The van der Waals surface area contributed by atoms with Crippen LogP contribution in [0.4, 0.5) is 0 Å². The fourth-order valence-electron chi connectivity index (χ4n) is 2.77. The molecule has 6 heteroatoms. The van der Waals surface area contributed by atoms with Crippen molar-refractivity contribution >= 4 is 29.3 Å². The summed E-state index contributed by atoms with van der Waals surface area (Å²) in [5, 5.41) is 0.621. The molecule has 0 saturated carbocycles. The highest BCUT2D eigenvalue weighted by atomic mass is 35.5. The number of rotatable bonds is 7. The van der Waals surface area contributed by atoms with Gasteiger partial charge in [-0.1, -0.05) is 23.7 Å². The van der Waals surface area contributed by atoms with Crippen molar-refractivity contribution in [2.75, 3.05) is 31.7 Å². The molecule has 2 rings (SSSR count). The maximum Gasteiger partial charge on any atom is 0.239 e. The van der Waals surface area contributed by atoms with Crippen LogP contribution in [-0.2, 0) is 4.79 Å². The predicted octanol–water partition coefficient (Wildman–Crippen LogP) is 3.04. The Morgan fingerprint density at radius 2 is 2.30 bits per heavy atom. The standard InChI is InChI=1S/C17H25ClN2O2S/c1-23-10-8-15(19)17(21)20-9-4-5-13(11-20)12-22-16-7-3-2-6-14(16)18/h2-3,6-7,13,15H,4-5,8-12,19H2,1H3. The van der Waals surface area contributed by atoms with Gasteiger partial charge in [0, 0.05) is 19.0 Å². The maximum atomic E-state index is 12.4. The largest absolute Gasteiger partial charge is 0.492 e. The molecule has 1 amide bonds. The first-order valence-electron chi connectivity index (χ1n) is 8.02. The van der Waals surface area contributed by atoms with Gasteiger partial charge in [-0.25, -0.2) is 0 Å². The third kappa shape index (κ3) is 5.59. The van der Waals surface area contributed by atoms with Gasteiger partial charge < -0.3 is 15.4 Å². The molecule has 2 atom stereocenters. The molecule has 1 aromatic rings. The van der Waals surface area contributed by atoms with Crippen molar-refractivity contribution in [2.45, 2.75) is 25.3 Å². The van der Waals surface area contributed by atoms with Crippen molar-refractivity contribution in [3.05, 3.63) is 29.3 Å². The molecule has 1 aliphatic heterocycles. The number of halogens is 1. The van der Waals surface area contributed by atoms with Crippen molar-refractivity contribution in [1.29, 1.82) is 0 Å². The number of carbonyl (C=O) groups excluding carboxylic acids is 1. The van der Waals surface area contributed by atoms with E-state index in [0.29, 0.717) is 23.3 Å². The number of ether oxygens (including phenoxy) is 1. The van der Waals surface area contributed by atoms with E-state index in [-0.39, 0.29) is 11.9 Å². The van der Waals surface area contributed by atoms with Crippen LogP contribution in [-0.4, -0.2) is 48.6 Å². The van der Waals surface area contributed by atoms with Crippen molar-refractivity contribution in [3.8, 4) is 5.75 Å². The minimum absolute atomic E-state index is 0.0708. The number of hydrogen-bond donors (Lipinski definition) is 1. The quantitative estimate of drug-likeness (QED) is 0.815. The fourth-order valence-corrected chi connectivity index (χ4v) is 3.45. The lowest BCUT2D eigenvalue weighted by atomic mass is 9.98. The average Bonchev–Trinajstić information content (AvgIpc) is 2.58. The Balaban J connectivity index is 1.83. The number of nitrogens with two attached hydrogens (primary N) is 1. The SMILES string of the molecule is CSCCC(N)C(=O)N1CCCC(COc2ccccc2Cl)C1. The van der Waals surface area contributed by atoms with E-state index in [1.54, 1.807) is 11.8 Å². The maximum absolute atomic E-state index is 12.4. The van der Waals surface area contributed by atoms with Gasteiger partial charge in [0.05, 0.1) is 17.7 Å². The molecular formula is C17H25ClN2O2S. The third-order valence-electron chi connectivity index (χ3n) is 4.09. The first-order chi connectivity index (χ1) is 11.1. The highest BCUT2D eigenvalue weighted by Crippen LogP contribution is 2.25. The molecule has 1 aliphatic rings. The number of hydrogen-bond acceptors (Lipinski definition) is 4. The molecule has 2 N–H and O–H groups in total. The van der Waals surface area contributed by atoms with E-state index in [0.717, 1.165) is 38.1 Å². The predicted molar refractivity (Wildman–Crippen MR) is 97.2 cm³/mol. The van der Waals surface area contributed by atoms with Crippen molar-refractivity contribution in [2.24, 2.45) is 11.7 Å². The zero-order valence-corrected chi connectivity index (χ0v) is 15.1. The summed E-state index contributed by atoms with van der Waals surface area (Å²) in [5.74, 6) is 2.02. The average molecular weight is 357 g/mol. The van der Waals surface area contributed by atoms with Gasteiger partial charge in [-0.2, -0.15) is 11.8 Å². The lowest BCUT2D eigenvalue weighted by molar-refractivity contribution is -0.134. The number of likely N-dealkylation sites (tertiary alicyclic amines) is 1. The number of piperidine rings is 1. The number of amides is 1. The van der Waals surface area contributed by atoms with E-state index in [4.69, 9.17) is 22.1 Å². The fraction of sp³-hybridized carbons (Fsp3) is 0.588. The number of para-hydroxylation sites is 1. The highest BCUT2D eigenvalue weighted by Gasteiger charge is 2.27. The number of nitrogens with zero attached hydrogens (tertiary/aromatic N) is 1. The molecule has 0 aliphatic carbocycles. The van der Waals surface area contributed by atoms with Crippen LogP contribution >= 0.6 is 23.4 Å². The normalized spacial score (nSPS) is 19.4. The summed E-state index contributed by atoms with van der Waals surface area (Å²) in [7, 11) is 0. The van der Waals surface area contributed by atoms with Gasteiger partial charge in [-0.15, -0.1) is 0 Å². The second-order valence-electron chi connectivity index (χ2n) is 5.92. The second-order valence-corrected chi connectivity index (χ2v) is 7.31. The molecule has 4 nitrogen and oxygen atoms in total. The van der Waals surface area contributed by atoms with Crippen LogP contribution < -0.4 is 10.5 Å². The Hall–Kier alpha value is -0.910. The Labute approximate surface area is 147 Å². The molecule has 0 spiro atoms. The van der Waals surface area contributed by atoms with Crippen LogP contribution in [0.2, 0.25) is 5.02 Å². The lowest BCUT2D eigenvalue weighted by Crippen LogP contribution is -2.49. The smallest absolute Gasteiger partial charge is 0.239 e. The molecule has 23 heavy (non-hydrogen) atoms. The Morgan fingerprint density at radius 1 is 1.52 bits per heavy atom. The van der Waals surface area contributed by atoms with Gasteiger partial charge in [0.15, 0.2) is 0 Å². The summed E-state index contributed by atoms with van der Waals surface area (Å²) >= 11 is 7.82. The summed E-state index contributed by atoms with van der Waals surface area (Å²) < 4.78 is 5.83. The van der Waals surface area contributed by atoms with Crippen LogP contribution in [0.1, 0.15) is 19.3 Å². The Morgan fingerprint density at radius 3 is 3.04 bits per heavy atom. The second kappa shape index (κ2) is 9.40. The van der Waals surface area contributed by atoms with Crippen LogP contribution in [0.15, 0.2) is 24.3 Å². The highest BCUT2D eigenvalue weighted by molar-refractivity contribution is 7.98. The first kappa shape index (κ1) is 18.4. The zero-order valence-electron chi connectivity index (χ0n) is 13.5. The molecule has 128 valence electrons. The van der Waals surface area contributed by atoms with Crippen molar-refractivity contribution in [3.63, 3.8) is 0 Å². The lowest BCUT2D eigenvalue weighted by Gasteiger charge is -2.34. The van der Waals surface area contributed by atoms with E-state index in [1.165, 1.54) is 0 Å². The third-order valence-corrected chi connectivity index (χ3v) is 5.05. The molecule has 1 saturated heterocycles. The van der Waals surface area contributed by atoms with Crippen LogP contribution in [0.5, 0.6) is 5.75 Å². The minimum atomic E-state index is -0.384. The summed E-state index contributed by atoms with van der Waals surface area (Å²) in [5.41, 5.74) is 6.01. The summed E-state index contributed by atoms with van der Waals surface area (Å²) in [6.07, 6.45) is 4.82. The molecule has 1 heterocycles. The molecule has 1 aromatic carbocycles. The molecule has 0 bridgehead atoms. The summed E-state index contributed by atoms with van der Waals surface area (Å²) in [6, 6.07) is 7.09. The van der Waals surface area contributed by atoms with Crippen molar-refractivity contribution < 1.29 is 9.53 Å². The van der Waals surface area contributed by atoms with Crippen LogP contribution in [0.3, 0.4) is 0 Å². The zero-order chi connectivity index (χ0) is 16.7.